The SMILES string of the molecule is CCOC1CN(c2ccccn2)CC1Nc1c(CC)nc(-c2ccc(C(F)(F)F)cc2Cl)n(C)c1=O. The van der Waals surface area contributed by atoms with E-state index < -0.39 is 11.7 Å². The van der Waals surface area contributed by atoms with E-state index in [2.05, 4.69) is 20.2 Å². The molecule has 2 atom stereocenters. The molecule has 3 aromatic rings. The molecule has 1 saturated heterocycles. The van der Waals surface area contributed by atoms with Crippen molar-refractivity contribution in [2.75, 3.05) is 29.9 Å². The molecule has 1 aliphatic rings. The molecule has 11 heteroatoms. The fourth-order valence-corrected chi connectivity index (χ4v) is 4.63. The summed E-state index contributed by atoms with van der Waals surface area (Å²) in [4.78, 5) is 24.6. The van der Waals surface area contributed by atoms with Crippen LogP contribution < -0.4 is 15.8 Å². The fourth-order valence-electron chi connectivity index (χ4n) is 4.37. The molecule has 1 N–H and O–H groups in total. The van der Waals surface area contributed by atoms with Gasteiger partial charge in [0.1, 0.15) is 17.3 Å². The third kappa shape index (κ3) is 5.19. The van der Waals surface area contributed by atoms with Crippen molar-refractivity contribution in [1.29, 1.82) is 0 Å². The number of pyridine rings is 1. The monoisotopic (exact) mass is 521 g/mol. The highest BCUT2D eigenvalue weighted by molar-refractivity contribution is 6.33. The molecule has 0 spiro atoms. The molecule has 0 saturated carbocycles. The van der Waals surface area contributed by atoms with Gasteiger partial charge in [-0.25, -0.2) is 9.97 Å². The van der Waals surface area contributed by atoms with E-state index in [1.807, 2.05) is 32.0 Å². The molecule has 0 bridgehead atoms. The number of nitrogens with zero attached hydrogens (tertiary/aromatic N) is 4. The van der Waals surface area contributed by atoms with E-state index in [1.54, 1.807) is 6.20 Å². The largest absolute Gasteiger partial charge is 0.416 e. The zero-order valence-electron chi connectivity index (χ0n) is 20.1. The number of ether oxygens (including phenoxy) is 1. The summed E-state index contributed by atoms with van der Waals surface area (Å²) in [5, 5.41) is 3.22. The van der Waals surface area contributed by atoms with Crippen molar-refractivity contribution in [3.63, 3.8) is 0 Å². The van der Waals surface area contributed by atoms with Gasteiger partial charge in [-0.1, -0.05) is 24.6 Å². The average molecular weight is 522 g/mol. The summed E-state index contributed by atoms with van der Waals surface area (Å²) in [5.74, 6) is 1.02. The second-order valence-corrected chi connectivity index (χ2v) is 8.91. The second kappa shape index (κ2) is 10.5. The molecule has 36 heavy (non-hydrogen) atoms. The molecular weight excluding hydrogens is 495 g/mol. The number of aromatic nitrogens is 3. The number of anilines is 2. The van der Waals surface area contributed by atoms with E-state index in [1.165, 1.54) is 17.7 Å². The second-order valence-electron chi connectivity index (χ2n) is 8.50. The highest BCUT2D eigenvalue weighted by atomic mass is 35.5. The van der Waals surface area contributed by atoms with Gasteiger partial charge in [-0.2, -0.15) is 13.2 Å². The maximum Gasteiger partial charge on any atom is 0.416 e. The lowest BCUT2D eigenvalue weighted by Crippen LogP contribution is -2.38. The van der Waals surface area contributed by atoms with E-state index in [0.29, 0.717) is 37.5 Å². The van der Waals surface area contributed by atoms with E-state index in [0.717, 1.165) is 18.0 Å². The quantitative estimate of drug-likeness (QED) is 0.482. The number of hydrogen-bond donors (Lipinski definition) is 1. The minimum Gasteiger partial charge on any atom is -0.374 e. The smallest absolute Gasteiger partial charge is 0.374 e. The predicted molar refractivity (Wildman–Crippen MR) is 134 cm³/mol. The molecule has 0 amide bonds. The van der Waals surface area contributed by atoms with Crippen LogP contribution in [0.5, 0.6) is 0 Å². The lowest BCUT2D eigenvalue weighted by atomic mass is 10.1. The molecule has 2 unspecified atom stereocenters. The van der Waals surface area contributed by atoms with Crippen LogP contribution in [0.3, 0.4) is 0 Å². The van der Waals surface area contributed by atoms with Crippen molar-refractivity contribution in [2.24, 2.45) is 7.05 Å². The first-order valence-electron chi connectivity index (χ1n) is 11.6. The molecule has 1 aliphatic heterocycles. The molecule has 2 aromatic heterocycles. The van der Waals surface area contributed by atoms with Crippen molar-refractivity contribution in [3.8, 4) is 11.4 Å². The average Bonchev–Trinajstić information content (AvgIpc) is 3.25. The molecule has 7 nitrogen and oxygen atoms in total. The highest BCUT2D eigenvalue weighted by Crippen LogP contribution is 2.35. The van der Waals surface area contributed by atoms with Gasteiger partial charge in [0.2, 0.25) is 0 Å². The Hall–Kier alpha value is -3.11. The van der Waals surface area contributed by atoms with E-state index in [-0.39, 0.29) is 34.1 Å². The summed E-state index contributed by atoms with van der Waals surface area (Å²) in [6.45, 7) is 5.47. The van der Waals surface area contributed by atoms with E-state index in [4.69, 9.17) is 16.3 Å². The summed E-state index contributed by atoms with van der Waals surface area (Å²) < 4.78 is 46.5. The Morgan fingerprint density at radius 3 is 2.58 bits per heavy atom. The summed E-state index contributed by atoms with van der Waals surface area (Å²) in [6.07, 6.45) is -2.55. The molecular formula is C25H27ClF3N5O2. The third-order valence-corrected chi connectivity index (χ3v) is 6.50. The number of benzene rings is 1. The highest BCUT2D eigenvalue weighted by Gasteiger charge is 2.35. The predicted octanol–water partition coefficient (Wildman–Crippen LogP) is 4.78. The molecule has 4 rings (SSSR count). The number of nitrogens with one attached hydrogen (secondary N) is 1. The molecule has 0 radical (unpaired) electrons. The summed E-state index contributed by atoms with van der Waals surface area (Å²) >= 11 is 6.20. The zero-order valence-corrected chi connectivity index (χ0v) is 20.9. The summed E-state index contributed by atoms with van der Waals surface area (Å²) in [5.41, 5.74) is -0.130. The van der Waals surface area contributed by atoms with Crippen LogP contribution in [-0.2, 0) is 24.4 Å². The van der Waals surface area contributed by atoms with Gasteiger partial charge < -0.3 is 15.0 Å². The standard InChI is InChI=1S/C25H27ClF3N5O2/c1-4-18-22(31-19-13-34(14-20(19)36-5-2)21-8-6-7-11-30-21)24(35)33(3)23(32-18)16-10-9-15(12-17(16)26)25(27,28)29/h6-12,19-20,31H,4-5,13-14H2,1-3H3. The van der Waals surface area contributed by atoms with Gasteiger partial charge in [0.05, 0.1) is 28.4 Å². The van der Waals surface area contributed by atoms with Crippen LogP contribution in [0.2, 0.25) is 5.02 Å². The van der Waals surface area contributed by atoms with E-state index >= 15 is 0 Å². The Bertz CT molecular complexity index is 1280. The molecule has 3 heterocycles. The minimum atomic E-state index is -4.52. The lowest BCUT2D eigenvalue weighted by Gasteiger charge is -2.22. The Balaban J connectivity index is 1.68. The molecule has 1 fully saturated rings. The first-order valence-corrected chi connectivity index (χ1v) is 12.0. The van der Waals surface area contributed by atoms with Gasteiger partial charge in [0, 0.05) is 38.5 Å². The lowest BCUT2D eigenvalue weighted by molar-refractivity contribution is -0.137. The van der Waals surface area contributed by atoms with Gasteiger partial charge >= 0.3 is 6.18 Å². The number of alkyl halides is 3. The van der Waals surface area contributed by atoms with Gasteiger partial charge in [0.25, 0.3) is 5.56 Å². The molecule has 192 valence electrons. The van der Waals surface area contributed by atoms with Crippen LogP contribution in [-0.4, -0.2) is 46.4 Å². The van der Waals surface area contributed by atoms with E-state index in [9.17, 15) is 18.0 Å². The fraction of sp³-hybridized carbons (Fsp3) is 0.400. The van der Waals surface area contributed by atoms with Crippen molar-refractivity contribution >= 4 is 23.1 Å². The zero-order chi connectivity index (χ0) is 26.0. The van der Waals surface area contributed by atoms with Crippen LogP contribution in [0.15, 0.2) is 47.4 Å². The van der Waals surface area contributed by atoms with Crippen molar-refractivity contribution in [2.45, 2.75) is 38.6 Å². The van der Waals surface area contributed by atoms with Crippen LogP contribution in [0.25, 0.3) is 11.4 Å². The Morgan fingerprint density at radius 1 is 1.19 bits per heavy atom. The maximum absolute atomic E-state index is 13.5. The summed E-state index contributed by atoms with van der Waals surface area (Å²) in [7, 11) is 1.53. The number of hydrogen-bond acceptors (Lipinski definition) is 6. The normalized spacial score (nSPS) is 18.0. The van der Waals surface area contributed by atoms with Crippen molar-refractivity contribution in [1.82, 2.24) is 14.5 Å². The Morgan fingerprint density at radius 2 is 1.97 bits per heavy atom. The first-order chi connectivity index (χ1) is 17.1. The molecule has 0 aliphatic carbocycles. The number of halogens is 4. The van der Waals surface area contributed by atoms with Gasteiger partial charge in [-0.3, -0.25) is 9.36 Å². The molecule has 1 aromatic carbocycles. The van der Waals surface area contributed by atoms with Crippen LogP contribution >= 0.6 is 11.6 Å². The summed E-state index contributed by atoms with van der Waals surface area (Å²) in [6, 6.07) is 8.51. The first kappa shape index (κ1) is 26.0. The van der Waals surface area contributed by atoms with Crippen molar-refractivity contribution < 1.29 is 17.9 Å². The Kier molecular flexibility index (Phi) is 7.56. The number of rotatable bonds is 7. The third-order valence-electron chi connectivity index (χ3n) is 6.19. The van der Waals surface area contributed by atoms with Gasteiger partial charge in [-0.05, 0) is 43.7 Å². The maximum atomic E-state index is 13.5. The van der Waals surface area contributed by atoms with Gasteiger partial charge in [-0.15, -0.1) is 0 Å². The van der Waals surface area contributed by atoms with Crippen molar-refractivity contribution in [3.05, 3.63) is 69.2 Å². The number of aryl methyl sites for hydroxylation is 1. The van der Waals surface area contributed by atoms with Gasteiger partial charge in [0.15, 0.2) is 0 Å². The van der Waals surface area contributed by atoms with Crippen LogP contribution in [0.4, 0.5) is 24.7 Å². The van der Waals surface area contributed by atoms with Crippen LogP contribution in [0, 0.1) is 0 Å². The minimum absolute atomic E-state index is 0.131. The van der Waals surface area contributed by atoms with Crippen LogP contribution in [0.1, 0.15) is 25.1 Å². The topological polar surface area (TPSA) is 72.3 Å². The Labute approximate surface area is 211 Å².